The molecule has 0 aliphatic heterocycles. The summed E-state index contributed by atoms with van der Waals surface area (Å²) in [4.78, 5) is 19.5. The first-order chi connectivity index (χ1) is 10.2. The minimum absolute atomic E-state index is 0.00503. The van der Waals surface area contributed by atoms with Crippen LogP contribution in [0.4, 0.5) is 5.82 Å². The Labute approximate surface area is 132 Å². The van der Waals surface area contributed by atoms with Gasteiger partial charge in [-0.25, -0.2) is 9.97 Å². The van der Waals surface area contributed by atoms with E-state index in [1.54, 1.807) is 0 Å². The predicted molar refractivity (Wildman–Crippen MR) is 87.5 cm³/mol. The number of amides is 1. The first-order valence-corrected chi connectivity index (χ1v) is 8.37. The largest absolute Gasteiger partial charge is 0.309 e. The lowest BCUT2D eigenvalue weighted by Crippen LogP contribution is -2.12. The summed E-state index contributed by atoms with van der Waals surface area (Å²) >= 11 is 5.63. The number of hydrogen-bond acceptors (Lipinski definition) is 3. The van der Waals surface area contributed by atoms with E-state index < -0.39 is 0 Å². The van der Waals surface area contributed by atoms with Crippen molar-refractivity contribution in [2.45, 2.75) is 71.1 Å². The highest BCUT2D eigenvalue weighted by atomic mass is 35.5. The Balaban J connectivity index is 1.97. The summed E-state index contributed by atoms with van der Waals surface area (Å²) in [6.07, 6.45) is 14.7. The highest BCUT2D eigenvalue weighted by molar-refractivity contribution is 6.29. The summed E-state index contributed by atoms with van der Waals surface area (Å²) in [5.41, 5.74) is 0. The van der Waals surface area contributed by atoms with Gasteiger partial charge in [0.1, 0.15) is 5.15 Å². The van der Waals surface area contributed by atoms with Crippen molar-refractivity contribution in [1.29, 1.82) is 0 Å². The molecule has 0 saturated heterocycles. The van der Waals surface area contributed by atoms with Crippen molar-refractivity contribution < 1.29 is 4.79 Å². The average molecular weight is 312 g/mol. The molecule has 0 aliphatic rings. The molecule has 4 nitrogen and oxygen atoms in total. The maximum atomic E-state index is 11.7. The molecule has 0 bridgehead atoms. The lowest BCUT2D eigenvalue weighted by Gasteiger charge is -2.04. The van der Waals surface area contributed by atoms with Crippen LogP contribution in [-0.4, -0.2) is 15.9 Å². The number of anilines is 1. The summed E-state index contributed by atoms with van der Waals surface area (Å²) in [5, 5.41) is 3.05. The van der Waals surface area contributed by atoms with Gasteiger partial charge in [0.25, 0.3) is 0 Å². The molecule has 1 aromatic heterocycles. The maximum absolute atomic E-state index is 11.7. The molecule has 1 rings (SSSR count). The zero-order chi connectivity index (χ0) is 15.3. The van der Waals surface area contributed by atoms with Crippen molar-refractivity contribution in [1.82, 2.24) is 9.97 Å². The predicted octanol–water partition coefficient (Wildman–Crippen LogP) is 4.99. The number of rotatable bonds is 11. The van der Waals surface area contributed by atoms with Gasteiger partial charge in [-0.15, -0.1) is 0 Å². The van der Waals surface area contributed by atoms with Gasteiger partial charge in [0.05, 0.1) is 12.4 Å². The third-order valence-electron chi connectivity index (χ3n) is 3.40. The standard InChI is InChI=1S/C16H26ClN3O/c1-2-3-4-5-6-7-8-9-10-11-16(21)20-15-13-18-14(17)12-19-15/h12-13H,2-11H2,1H3,(H,19,20,21). The molecule has 0 unspecified atom stereocenters. The Morgan fingerprint density at radius 1 is 1.00 bits per heavy atom. The highest BCUT2D eigenvalue weighted by Gasteiger charge is 2.03. The van der Waals surface area contributed by atoms with Crippen LogP contribution < -0.4 is 5.32 Å². The fourth-order valence-electron chi connectivity index (χ4n) is 2.18. The monoisotopic (exact) mass is 311 g/mol. The lowest BCUT2D eigenvalue weighted by molar-refractivity contribution is -0.116. The summed E-state index contributed by atoms with van der Waals surface area (Å²) in [6.45, 7) is 2.24. The van der Waals surface area contributed by atoms with Crippen LogP contribution in [0.3, 0.4) is 0 Å². The molecule has 21 heavy (non-hydrogen) atoms. The van der Waals surface area contributed by atoms with Gasteiger partial charge >= 0.3 is 0 Å². The molecule has 0 aromatic carbocycles. The number of carbonyl (C=O) groups is 1. The van der Waals surface area contributed by atoms with Gasteiger partial charge in [0.2, 0.25) is 5.91 Å². The van der Waals surface area contributed by atoms with E-state index in [-0.39, 0.29) is 5.91 Å². The van der Waals surface area contributed by atoms with Gasteiger partial charge in [0, 0.05) is 6.42 Å². The molecule has 0 spiro atoms. The zero-order valence-corrected chi connectivity index (χ0v) is 13.7. The van der Waals surface area contributed by atoms with Gasteiger partial charge in [-0.3, -0.25) is 4.79 Å². The van der Waals surface area contributed by atoms with Gasteiger partial charge < -0.3 is 5.32 Å². The molecule has 0 fully saturated rings. The Morgan fingerprint density at radius 3 is 2.19 bits per heavy atom. The second-order valence-corrected chi connectivity index (χ2v) is 5.74. The topological polar surface area (TPSA) is 54.9 Å². The fraction of sp³-hybridized carbons (Fsp3) is 0.688. The Kier molecular flexibility index (Phi) is 9.79. The molecule has 5 heteroatoms. The van der Waals surface area contributed by atoms with E-state index in [0.717, 1.165) is 12.8 Å². The SMILES string of the molecule is CCCCCCCCCCCC(=O)Nc1cnc(Cl)cn1. The van der Waals surface area contributed by atoms with E-state index in [4.69, 9.17) is 11.6 Å². The molecule has 1 aromatic rings. The van der Waals surface area contributed by atoms with E-state index >= 15 is 0 Å². The molecular formula is C16H26ClN3O. The van der Waals surface area contributed by atoms with Crippen molar-refractivity contribution >= 4 is 23.3 Å². The zero-order valence-electron chi connectivity index (χ0n) is 12.9. The molecule has 0 aliphatic carbocycles. The smallest absolute Gasteiger partial charge is 0.225 e. The minimum atomic E-state index is -0.00503. The molecule has 1 heterocycles. The first-order valence-electron chi connectivity index (χ1n) is 7.99. The molecule has 0 radical (unpaired) electrons. The molecule has 1 N–H and O–H groups in total. The number of carbonyl (C=O) groups excluding carboxylic acids is 1. The number of nitrogens with zero attached hydrogens (tertiary/aromatic N) is 2. The van der Waals surface area contributed by atoms with Crippen molar-refractivity contribution in [3.05, 3.63) is 17.5 Å². The van der Waals surface area contributed by atoms with Crippen molar-refractivity contribution in [2.75, 3.05) is 5.32 Å². The number of hydrogen-bond donors (Lipinski definition) is 1. The Hall–Kier alpha value is -1.16. The minimum Gasteiger partial charge on any atom is -0.309 e. The second-order valence-electron chi connectivity index (χ2n) is 5.35. The van der Waals surface area contributed by atoms with E-state index in [1.165, 1.54) is 57.3 Å². The van der Waals surface area contributed by atoms with Gasteiger partial charge in [-0.2, -0.15) is 0 Å². The average Bonchev–Trinajstić information content (AvgIpc) is 2.48. The maximum Gasteiger partial charge on any atom is 0.225 e. The van der Waals surface area contributed by atoms with Crippen molar-refractivity contribution in [3.63, 3.8) is 0 Å². The first kappa shape index (κ1) is 17.9. The van der Waals surface area contributed by atoms with Crippen LogP contribution in [0, 0.1) is 0 Å². The molecular weight excluding hydrogens is 286 g/mol. The highest BCUT2D eigenvalue weighted by Crippen LogP contribution is 2.11. The van der Waals surface area contributed by atoms with Crippen LogP contribution in [0.5, 0.6) is 0 Å². The van der Waals surface area contributed by atoms with Crippen LogP contribution in [-0.2, 0) is 4.79 Å². The number of halogens is 1. The number of aromatic nitrogens is 2. The Morgan fingerprint density at radius 2 is 1.62 bits per heavy atom. The van der Waals surface area contributed by atoms with Gasteiger partial charge in [-0.1, -0.05) is 69.9 Å². The summed E-state index contributed by atoms with van der Waals surface area (Å²) in [6, 6.07) is 0. The summed E-state index contributed by atoms with van der Waals surface area (Å²) in [7, 11) is 0. The van der Waals surface area contributed by atoms with Crippen molar-refractivity contribution in [3.8, 4) is 0 Å². The molecule has 118 valence electrons. The fourth-order valence-corrected chi connectivity index (χ4v) is 2.28. The Bertz CT molecular complexity index is 395. The lowest BCUT2D eigenvalue weighted by atomic mass is 10.1. The molecule has 0 atom stereocenters. The number of nitrogens with one attached hydrogen (secondary N) is 1. The summed E-state index contributed by atoms with van der Waals surface area (Å²) in [5.74, 6) is 0.454. The third kappa shape index (κ3) is 9.40. The second kappa shape index (κ2) is 11.5. The normalized spacial score (nSPS) is 10.6. The summed E-state index contributed by atoms with van der Waals surface area (Å²) < 4.78 is 0. The third-order valence-corrected chi connectivity index (χ3v) is 3.59. The van der Waals surface area contributed by atoms with Gasteiger partial charge in [-0.05, 0) is 6.42 Å². The van der Waals surface area contributed by atoms with Crippen LogP contribution in [0.2, 0.25) is 5.15 Å². The van der Waals surface area contributed by atoms with Crippen LogP contribution >= 0.6 is 11.6 Å². The number of unbranched alkanes of at least 4 members (excludes halogenated alkanes) is 8. The van der Waals surface area contributed by atoms with E-state index in [9.17, 15) is 4.79 Å². The van der Waals surface area contributed by atoms with Gasteiger partial charge in [0.15, 0.2) is 5.82 Å². The quantitative estimate of drug-likeness (QED) is 0.586. The van der Waals surface area contributed by atoms with Crippen LogP contribution in [0.1, 0.15) is 71.1 Å². The van der Waals surface area contributed by atoms with Crippen molar-refractivity contribution in [2.24, 2.45) is 0 Å². The van der Waals surface area contributed by atoms with Crippen LogP contribution in [0.25, 0.3) is 0 Å². The molecule has 1 amide bonds. The molecule has 0 saturated carbocycles. The van der Waals surface area contributed by atoms with E-state index in [2.05, 4.69) is 22.2 Å². The van der Waals surface area contributed by atoms with E-state index in [0.29, 0.717) is 17.4 Å². The van der Waals surface area contributed by atoms with Crippen LogP contribution in [0.15, 0.2) is 12.4 Å². The van der Waals surface area contributed by atoms with E-state index in [1.807, 2.05) is 0 Å².